The van der Waals surface area contributed by atoms with Gasteiger partial charge in [0.25, 0.3) is 0 Å². The number of amides is 1. The van der Waals surface area contributed by atoms with Crippen molar-refractivity contribution in [3.8, 4) is 0 Å². The van der Waals surface area contributed by atoms with Crippen molar-refractivity contribution in [2.45, 2.75) is 83.6 Å². The summed E-state index contributed by atoms with van der Waals surface area (Å²) in [5, 5.41) is 15.9. The summed E-state index contributed by atoms with van der Waals surface area (Å²) in [4.78, 5) is 14.4. The molecule has 2 saturated heterocycles. The molecule has 2 bridgehead atoms. The van der Waals surface area contributed by atoms with Crippen LogP contribution < -0.4 is 0 Å². The molecule has 2 aliphatic heterocycles. The van der Waals surface area contributed by atoms with Crippen LogP contribution in [0.2, 0.25) is 0 Å². The first-order valence-electron chi connectivity index (χ1n) is 8.76. The van der Waals surface area contributed by atoms with Crippen LogP contribution >= 0.6 is 0 Å². The number of carbonyl (C=O) groups is 1. The Morgan fingerprint density at radius 3 is 2.21 bits per heavy atom. The molecule has 1 N–H and O–H groups in total. The van der Waals surface area contributed by atoms with E-state index < -0.39 is 11.2 Å². The SMILES string of the molecule is Cc1nn(C)c(C)c1C1(O)CC2CCC(C1)N2C(=O)OC(C)(C)C. The molecule has 2 unspecified atom stereocenters. The van der Waals surface area contributed by atoms with Gasteiger partial charge in [-0.25, -0.2) is 4.79 Å². The fourth-order valence-electron chi connectivity index (χ4n) is 4.49. The second-order valence-corrected chi connectivity index (χ2v) is 8.38. The zero-order chi connectivity index (χ0) is 17.9. The quantitative estimate of drug-likeness (QED) is 0.857. The number of hydrogen-bond donors (Lipinski definition) is 1. The van der Waals surface area contributed by atoms with E-state index in [1.54, 1.807) is 0 Å². The third-order valence-electron chi connectivity index (χ3n) is 5.35. The summed E-state index contributed by atoms with van der Waals surface area (Å²) in [6, 6.07) is 0.0604. The number of piperidine rings is 1. The van der Waals surface area contributed by atoms with Gasteiger partial charge in [-0.15, -0.1) is 0 Å². The topological polar surface area (TPSA) is 67.6 Å². The molecule has 3 rings (SSSR count). The van der Waals surface area contributed by atoms with Crippen molar-refractivity contribution in [3.63, 3.8) is 0 Å². The minimum atomic E-state index is -0.910. The highest BCUT2D eigenvalue weighted by Crippen LogP contribution is 2.47. The van der Waals surface area contributed by atoms with E-state index in [9.17, 15) is 9.90 Å². The van der Waals surface area contributed by atoms with Crippen LogP contribution in [-0.2, 0) is 17.4 Å². The monoisotopic (exact) mass is 335 g/mol. The molecule has 2 atom stereocenters. The Balaban J connectivity index is 1.86. The molecule has 2 aliphatic rings. The zero-order valence-electron chi connectivity index (χ0n) is 15.6. The lowest BCUT2D eigenvalue weighted by Gasteiger charge is -2.44. The first-order valence-corrected chi connectivity index (χ1v) is 8.76. The van der Waals surface area contributed by atoms with E-state index in [1.165, 1.54) is 0 Å². The average Bonchev–Trinajstić information content (AvgIpc) is 2.83. The standard InChI is InChI=1S/C18H29N3O3/c1-11-15(12(2)20(6)19-11)18(23)9-13-7-8-14(10-18)21(13)16(22)24-17(3,4)5/h13-14,23H,7-10H2,1-6H3. The maximum atomic E-state index is 12.6. The fraction of sp³-hybridized carbons (Fsp3) is 0.778. The van der Waals surface area contributed by atoms with Gasteiger partial charge in [0.2, 0.25) is 0 Å². The molecule has 24 heavy (non-hydrogen) atoms. The van der Waals surface area contributed by atoms with E-state index in [0.717, 1.165) is 29.8 Å². The van der Waals surface area contributed by atoms with Crippen LogP contribution in [0.4, 0.5) is 4.79 Å². The van der Waals surface area contributed by atoms with Crippen LogP contribution in [-0.4, -0.2) is 43.6 Å². The summed E-state index contributed by atoms with van der Waals surface area (Å²) < 4.78 is 7.40. The van der Waals surface area contributed by atoms with Crippen molar-refractivity contribution in [2.24, 2.45) is 7.05 Å². The predicted molar refractivity (Wildman–Crippen MR) is 90.7 cm³/mol. The zero-order valence-corrected chi connectivity index (χ0v) is 15.6. The van der Waals surface area contributed by atoms with Crippen molar-refractivity contribution in [1.29, 1.82) is 0 Å². The van der Waals surface area contributed by atoms with Crippen molar-refractivity contribution in [2.75, 3.05) is 0 Å². The number of aryl methyl sites for hydroxylation is 2. The highest BCUT2D eigenvalue weighted by molar-refractivity contribution is 5.70. The normalized spacial score (nSPS) is 29.9. The summed E-state index contributed by atoms with van der Waals surface area (Å²) in [5.41, 5.74) is 1.40. The summed E-state index contributed by atoms with van der Waals surface area (Å²) in [7, 11) is 1.90. The Bertz CT molecular complexity index is 645. The number of aromatic nitrogens is 2. The van der Waals surface area contributed by atoms with Crippen LogP contribution in [0.15, 0.2) is 0 Å². The van der Waals surface area contributed by atoms with E-state index in [1.807, 2.05) is 51.2 Å². The van der Waals surface area contributed by atoms with Crippen LogP contribution in [0.1, 0.15) is 63.4 Å². The van der Waals surface area contributed by atoms with Gasteiger partial charge in [0.05, 0.1) is 11.3 Å². The van der Waals surface area contributed by atoms with Crippen molar-refractivity contribution in [3.05, 3.63) is 17.0 Å². The van der Waals surface area contributed by atoms with Crippen LogP contribution in [0, 0.1) is 13.8 Å². The number of aliphatic hydroxyl groups is 1. The van der Waals surface area contributed by atoms with Gasteiger partial charge in [-0.2, -0.15) is 5.10 Å². The Labute approximate surface area is 143 Å². The Hall–Kier alpha value is -1.56. The van der Waals surface area contributed by atoms with Crippen LogP contribution in [0.5, 0.6) is 0 Å². The molecule has 134 valence electrons. The predicted octanol–water partition coefficient (Wildman–Crippen LogP) is 2.79. The summed E-state index contributed by atoms with van der Waals surface area (Å²) >= 11 is 0. The molecule has 0 saturated carbocycles. The van der Waals surface area contributed by atoms with Gasteiger partial charge < -0.3 is 14.7 Å². The number of rotatable bonds is 1. The number of carbonyl (C=O) groups excluding carboxylic acids is 1. The summed E-state index contributed by atoms with van der Waals surface area (Å²) in [6.07, 6.45) is 2.69. The summed E-state index contributed by atoms with van der Waals surface area (Å²) in [6.45, 7) is 9.60. The second kappa shape index (κ2) is 5.48. The lowest BCUT2D eigenvalue weighted by Crippen LogP contribution is -2.53. The van der Waals surface area contributed by atoms with E-state index in [4.69, 9.17) is 4.74 Å². The third kappa shape index (κ3) is 2.81. The minimum absolute atomic E-state index is 0.0302. The Kier molecular flexibility index (Phi) is 3.94. The molecule has 6 heteroatoms. The first kappa shape index (κ1) is 17.3. The van der Waals surface area contributed by atoms with Crippen LogP contribution in [0.3, 0.4) is 0 Å². The molecule has 2 fully saturated rings. The first-order chi connectivity index (χ1) is 11.0. The number of fused-ring (bicyclic) bond motifs is 2. The molecule has 1 aromatic rings. The maximum absolute atomic E-state index is 12.6. The highest BCUT2D eigenvalue weighted by Gasteiger charge is 2.52. The maximum Gasteiger partial charge on any atom is 0.410 e. The van der Waals surface area contributed by atoms with Gasteiger partial charge >= 0.3 is 6.09 Å². The molecule has 6 nitrogen and oxygen atoms in total. The van der Waals surface area contributed by atoms with E-state index in [-0.39, 0.29) is 18.2 Å². The molecule has 3 heterocycles. The van der Waals surface area contributed by atoms with E-state index >= 15 is 0 Å². The molecule has 0 aromatic carbocycles. The second-order valence-electron chi connectivity index (χ2n) is 8.38. The van der Waals surface area contributed by atoms with Crippen molar-refractivity contribution in [1.82, 2.24) is 14.7 Å². The molecule has 1 amide bonds. The van der Waals surface area contributed by atoms with Gasteiger partial charge in [-0.3, -0.25) is 4.68 Å². The summed E-state index contributed by atoms with van der Waals surface area (Å²) in [5.74, 6) is 0. The highest BCUT2D eigenvalue weighted by atomic mass is 16.6. The molecule has 1 aromatic heterocycles. The molecule has 0 aliphatic carbocycles. The van der Waals surface area contributed by atoms with Crippen molar-refractivity contribution >= 4 is 6.09 Å². The molecule has 0 spiro atoms. The van der Waals surface area contributed by atoms with Gasteiger partial charge in [0, 0.05) is 43.2 Å². The smallest absolute Gasteiger partial charge is 0.410 e. The Morgan fingerprint density at radius 1 is 1.25 bits per heavy atom. The third-order valence-corrected chi connectivity index (χ3v) is 5.35. The van der Waals surface area contributed by atoms with Gasteiger partial charge in [0.1, 0.15) is 5.60 Å². The lowest BCUT2D eigenvalue weighted by molar-refractivity contribution is -0.0630. The van der Waals surface area contributed by atoms with Gasteiger partial charge in [-0.1, -0.05) is 0 Å². The largest absolute Gasteiger partial charge is 0.444 e. The lowest BCUT2D eigenvalue weighted by atomic mass is 9.79. The number of nitrogens with zero attached hydrogens (tertiary/aromatic N) is 3. The van der Waals surface area contributed by atoms with Gasteiger partial charge in [0.15, 0.2) is 0 Å². The molecular weight excluding hydrogens is 306 g/mol. The molecule has 0 radical (unpaired) electrons. The van der Waals surface area contributed by atoms with Crippen LogP contribution in [0.25, 0.3) is 0 Å². The van der Waals surface area contributed by atoms with Crippen molar-refractivity contribution < 1.29 is 14.6 Å². The van der Waals surface area contributed by atoms with Gasteiger partial charge in [-0.05, 0) is 47.5 Å². The number of ether oxygens (including phenoxy) is 1. The average molecular weight is 335 g/mol. The number of hydrogen-bond acceptors (Lipinski definition) is 4. The minimum Gasteiger partial charge on any atom is -0.444 e. The Morgan fingerprint density at radius 2 is 1.79 bits per heavy atom. The van der Waals surface area contributed by atoms with E-state index in [0.29, 0.717) is 12.8 Å². The van der Waals surface area contributed by atoms with E-state index in [2.05, 4.69) is 5.10 Å². The fourth-order valence-corrected chi connectivity index (χ4v) is 4.49. The molecular formula is C18H29N3O3.